The van der Waals surface area contributed by atoms with E-state index in [-0.39, 0.29) is 5.91 Å². The predicted octanol–water partition coefficient (Wildman–Crippen LogP) is 2.92. The van der Waals surface area contributed by atoms with Crippen LogP contribution in [0.3, 0.4) is 0 Å². The number of hydrogen-bond acceptors (Lipinski definition) is 5. The summed E-state index contributed by atoms with van der Waals surface area (Å²) in [5.41, 5.74) is 2.49. The van der Waals surface area contributed by atoms with E-state index in [1.165, 1.54) is 12.5 Å². The van der Waals surface area contributed by atoms with Crippen LogP contribution in [0.2, 0.25) is 0 Å². The SMILES string of the molecule is COc1cccc(Cc2cncc(C(=O)Nc3ccon3)c2)c1. The van der Waals surface area contributed by atoms with E-state index in [0.29, 0.717) is 17.8 Å². The van der Waals surface area contributed by atoms with Gasteiger partial charge in [0.25, 0.3) is 5.91 Å². The molecule has 6 heteroatoms. The van der Waals surface area contributed by atoms with E-state index < -0.39 is 0 Å². The van der Waals surface area contributed by atoms with Crippen molar-refractivity contribution < 1.29 is 14.1 Å². The lowest BCUT2D eigenvalue weighted by molar-refractivity contribution is 0.102. The summed E-state index contributed by atoms with van der Waals surface area (Å²) < 4.78 is 9.90. The van der Waals surface area contributed by atoms with Crippen LogP contribution in [0.15, 0.2) is 59.6 Å². The fourth-order valence-corrected chi connectivity index (χ4v) is 2.19. The zero-order chi connectivity index (χ0) is 16.1. The number of nitrogens with zero attached hydrogens (tertiary/aromatic N) is 2. The van der Waals surface area contributed by atoms with Gasteiger partial charge in [0.05, 0.1) is 12.7 Å². The van der Waals surface area contributed by atoms with Gasteiger partial charge in [-0.25, -0.2) is 0 Å². The zero-order valence-electron chi connectivity index (χ0n) is 12.5. The molecule has 1 aromatic carbocycles. The first-order valence-electron chi connectivity index (χ1n) is 7.03. The van der Waals surface area contributed by atoms with Crippen LogP contribution in [0.1, 0.15) is 21.5 Å². The normalized spacial score (nSPS) is 10.3. The Hall–Kier alpha value is -3.15. The molecule has 6 nitrogen and oxygen atoms in total. The van der Waals surface area contributed by atoms with E-state index in [9.17, 15) is 4.79 Å². The number of rotatable bonds is 5. The van der Waals surface area contributed by atoms with Crippen LogP contribution < -0.4 is 10.1 Å². The third-order valence-electron chi connectivity index (χ3n) is 3.28. The number of carbonyl (C=O) groups is 1. The van der Waals surface area contributed by atoms with E-state index in [1.54, 1.807) is 19.4 Å². The number of pyridine rings is 1. The van der Waals surface area contributed by atoms with Gasteiger partial charge in [0, 0.05) is 18.5 Å². The molecule has 2 aromatic heterocycles. The molecule has 0 saturated carbocycles. The van der Waals surface area contributed by atoms with Crippen molar-refractivity contribution in [2.75, 3.05) is 12.4 Å². The van der Waals surface area contributed by atoms with Crippen molar-refractivity contribution in [1.29, 1.82) is 0 Å². The lowest BCUT2D eigenvalue weighted by atomic mass is 10.0. The average molecular weight is 309 g/mol. The van der Waals surface area contributed by atoms with Crippen molar-refractivity contribution in [3.8, 4) is 5.75 Å². The number of hydrogen-bond donors (Lipinski definition) is 1. The minimum absolute atomic E-state index is 0.279. The Morgan fingerprint density at radius 1 is 1.22 bits per heavy atom. The van der Waals surface area contributed by atoms with Crippen molar-refractivity contribution in [3.05, 3.63) is 71.7 Å². The highest BCUT2D eigenvalue weighted by atomic mass is 16.5. The molecule has 0 aliphatic heterocycles. The Bertz CT molecular complexity index is 800. The molecule has 0 unspecified atom stereocenters. The van der Waals surface area contributed by atoms with Gasteiger partial charge in [-0.15, -0.1) is 0 Å². The molecule has 0 radical (unpaired) electrons. The van der Waals surface area contributed by atoms with Gasteiger partial charge in [0.15, 0.2) is 5.82 Å². The summed E-state index contributed by atoms with van der Waals surface area (Å²) in [6, 6.07) is 11.2. The first kappa shape index (κ1) is 14.8. The van der Waals surface area contributed by atoms with Gasteiger partial charge < -0.3 is 14.6 Å². The largest absolute Gasteiger partial charge is 0.497 e. The highest BCUT2D eigenvalue weighted by Gasteiger charge is 2.09. The van der Waals surface area contributed by atoms with Gasteiger partial charge in [-0.05, 0) is 35.7 Å². The summed E-state index contributed by atoms with van der Waals surface area (Å²) >= 11 is 0. The lowest BCUT2D eigenvalue weighted by Crippen LogP contribution is -2.12. The van der Waals surface area contributed by atoms with Gasteiger partial charge >= 0.3 is 0 Å². The maximum atomic E-state index is 12.2. The molecule has 116 valence electrons. The fraction of sp³-hybridized carbons (Fsp3) is 0.118. The highest BCUT2D eigenvalue weighted by Crippen LogP contribution is 2.16. The lowest BCUT2D eigenvalue weighted by Gasteiger charge is -2.06. The number of ether oxygens (including phenoxy) is 1. The third kappa shape index (κ3) is 3.74. The Morgan fingerprint density at radius 2 is 2.13 bits per heavy atom. The summed E-state index contributed by atoms with van der Waals surface area (Å²) in [5.74, 6) is 0.891. The first-order valence-corrected chi connectivity index (χ1v) is 7.03. The van der Waals surface area contributed by atoms with Gasteiger partial charge in [-0.3, -0.25) is 9.78 Å². The molecule has 0 fully saturated rings. The van der Waals surface area contributed by atoms with Gasteiger partial charge in [-0.2, -0.15) is 0 Å². The second-order valence-electron chi connectivity index (χ2n) is 4.95. The Balaban J connectivity index is 1.75. The highest BCUT2D eigenvalue weighted by molar-refractivity contribution is 6.03. The topological polar surface area (TPSA) is 77.2 Å². The molecule has 0 aliphatic rings. The first-order chi connectivity index (χ1) is 11.2. The Morgan fingerprint density at radius 3 is 2.91 bits per heavy atom. The number of nitrogens with one attached hydrogen (secondary N) is 1. The molecule has 0 atom stereocenters. The van der Waals surface area contributed by atoms with Crippen LogP contribution in [0.4, 0.5) is 5.82 Å². The molecule has 3 rings (SSSR count). The van der Waals surface area contributed by atoms with E-state index in [4.69, 9.17) is 4.74 Å². The standard InChI is InChI=1S/C17H15N3O3/c1-22-15-4-2-3-12(9-15)7-13-8-14(11-18-10-13)17(21)19-16-5-6-23-20-16/h2-6,8-11H,7H2,1H3,(H,19,20,21). The molecular weight excluding hydrogens is 294 g/mol. The number of benzene rings is 1. The molecule has 0 bridgehead atoms. The number of methoxy groups -OCH3 is 1. The molecule has 1 amide bonds. The summed E-state index contributed by atoms with van der Waals surface area (Å²) in [5, 5.41) is 6.29. The van der Waals surface area contributed by atoms with E-state index in [1.807, 2.05) is 30.3 Å². The molecule has 0 saturated heterocycles. The van der Waals surface area contributed by atoms with E-state index in [2.05, 4.69) is 20.0 Å². The Kier molecular flexibility index (Phi) is 4.33. The molecule has 2 heterocycles. The summed E-state index contributed by atoms with van der Waals surface area (Å²) in [7, 11) is 1.63. The smallest absolute Gasteiger partial charge is 0.258 e. The molecule has 3 aromatic rings. The number of aromatic nitrogens is 2. The van der Waals surface area contributed by atoms with Crippen LogP contribution in [-0.2, 0) is 6.42 Å². The minimum Gasteiger partial charge on any atom is -0.497 e. The third-order valence-corrected chi connectivity index (χ3v) is 3.28. The van der Waals surface area contributed by atoms with Crippen LogP contribution in [-0.4, -0.2) is 23.2 Å². The summed E-state index contributed by atoms with van der Waals surface area (Å²) in [6.45, 7) is 0. The molecule has 1 N–H and O–H groups in total. The van der Waals surface area contributed by atoms with Crippen LogP contribution in [0.25, 0.3) is 0 Å². The zero-order valence-corrected chi connectivity index (χ0v) is 12.5. The molecular formula is C17H15N3O3. The van der Waals surface area contributed by atoms with Gasteiger partial charge in [-0.1, -0.05) is 17.3 Å². The van der Waals surface area contributed by atoms with E-state index >= 15 is 0 Å². The van der Waals surface area contributed by atoms with Crippen molar-refractivity contribution >= 4 is 11.7 Å². The second-order valence-corrected chi connectivity index (χ2v) is 4.95. The van der Waals surface area contributed by atoms with Crippen molar-refractivity contribution in [2.24, 2.45) is 0 Å². The number of anilines is 1. The summed E-state index contributed by atoms with van der Waals surface area (Å²) in [6.07, 6.45) is 5.32. The quantitative estimate of drug-likeness (QED) is 0.784. The number of carbonyl (C=O) groups excluding carboxylic acids is 1. The van der Waals surface area contributed by atoms with Gasteiger partial charge in [0.2, 0.25) is 0 Å². The van der Waals surface area contributed by atoms with E-state index in [0.717, 1.165) is 16.9 Å². The molecule has 0 aliphatic carbocycles. The summed E-state index contributed by atoms with van der Waals surface area (Å²) in [4.78, 5) is 16.3. The van der Waals surface area contributed by atoms with Crippen LogP contribution in [0, 0.1) is 0 Å². The van der Waals surface area contributed by atoms with Crippen LogP contribution in [0.5, 0.6) is 5.75 Å². The second kappa shape index (κ2) is 6.74. The Labute approximate surface area is 133 Å². The maximum Gasteiger partial charge on any atom is 0.258 e. The maximum absolute atomic E-state index is 12.2. The average Bonchev–Trinajstić information content (AvgIpc) is 3.08. The van der Waals surface area contributed by atoms with Crippen molar-refractivity contribution in [1.82, 2.24) is 10.1 Å². The molecule has 23 heavy (non-hydrogen) atoms. The van der Waals surface area contributed by atoms with Crippen molar-refractivity contribution in [2.45, 2.75) is 6.42 Å². The monoisotopic (exact) mass is 309 g/mol. The van der Waals surface area contributed by atoms with Crippen LogP contribution >= 0.6 is 0 Å². The van der Waals surface area contributed by atoms with Crippen molar-refractivity contribution in [3.63, 3.8) is 0 Å². The predicted molar refractivity (Wildman–Crippen MR) is 84.5 cm³/mol. The fourth-order valence-electron chi connectivity index (χ4n) is 2.19. The van der Waals surface area contributed by atoms with Gasteiger partial charge in [0.1, 0.15) is 12.0 Å². The number of amides is 1. The minimum atomic E-state index is -0.279. The molecule has 0 spiro atoms.